The number of carboxylic acids is 4. The number of pyridine rings is 8. The third-order valence-corrected chi connectivity index (χ3v) is 10.1. The molecule has 0 saturated heterocycles. The van der Waals surface area contributed by atoms with Gasteiger partial charge < -0.3 is 48.7 Å². The smallest absolute Gasteiger partial charge is 0.417 e. The number of aromatic nitrogens is 8. The zero-order valence-corrected chi connectivity index (χ0v) is 41.8. The van der Waals surface area contributed by atoms with E-state index in [4.69, 9.17) is 0 Å². The van der Waals surface area contributed by atoms with Crippen LogP contribution in [0.15, 0.2) is 180 Å². The van der Waals surface area contributed by atoms with Gasteiger partial charge in [0.25, 0.3) is 11.1 Å². The zero-order chi connectivity index (χ0) is 55.7. The van der Waals surface area contributed by atoms with Gasteiger partial charge in [-0.25, -0.2) is 0 Å². The van der Waals surface area contributed by atoms with Gasteiger partial charge >= 0.3 is 12.4 Å². The van der Waals surface area contributed by atoms with Gasteiger partial charge in [-0.2, -0.15) is 26.3 Å². The van der Waals surface area contributed by atoms with E-state index in [1.54, 1.807) is 72.8 Å². The Balaban J connectivity index is 0.000000208. The second-order valence-electron chi connectivity index (χ2n) is 14.9. The summed E-state index contributed by atoms with van der Waals surface area (Å²) in [6.45, 7) is 0. The molecule has 2 aromatic carbocycles. The maximum Gasteiger partial charge on any atom is 0.417 e. The van der Waals surface area contributed by atoms with Crippen LogP contribution in [-0.2, 0) is 46.6 Å². The first kappa shape index (κ1) is 59.9. The van der Waals surface area contributed by atoms with Crippen molar-refractivity contribution < 1.29 is 86.1 Å². The molecule has 0 amide bonds. The summed E-state index contributed by atoms with van der Waals surface area (Å²) < 4.78 is 80.8. The monoisotopic (exact) mass is 1240 g/mol. The molecule has 0 spiro atoms. The van der Waals surface area contributed by atoms with Gasteiger partial charge in [0, 0.05) is 82.2 Å². The van der Waals surface area contributed by atoms with E-state index in [1.807, 2.05) is 0 Å². The summed E-state index contributed by atoms with van der Waals surface area (Å²) in [4.78, 5) is 86.9. The average Bonchev–Trinajstić information content (AvgIpc) is 3.43. The molecule has 1 radical (unpaired) electrons. The topological polar surface area (TPSA) is 282 Å². The number of fused-ring (bicyclic) bond motifs is 6. The first-order valence-electron chi connectivity index (χ1n) is 21.4. The molecule has 397 valence electrons. The summed E-state index contributed by atoms with van der Waals surface area (Å²) in [7, 11) is 2.89. The first-order valence-corrected chi connectivity index (χ1v) is 21.4. The number of carboxylic acid groups (broad SMARTS) is 4. The maximum absolute atomic E-state index is 13.1. The Hall–Kier alpha value is -9.61. The molecule has 0 aliphatic rings. The molecule has 0 N–H and O–H groups in total. The number of nitrogens with zero attached hydrogens (tertiary/aromatic N) is 8. The fourth-order valence-corrected chi connectivity index (χ4v) is 6.67. The molecule has 77 heavy (non-hydrogen) atoms. The van der Waals surface area contributed by atoms with Gasteiger partial charge in [0.05, 0.1) is 90.6 Å². The molecule has 8 aromatic heterocycles. The van der Waals surface area contributed by atoms with Crippen molar-refractivity contribution in [3.63, 3.8) is 0 Å². The van der Waals surface area contributed by atoms with Crippen molar-refractivity contribution in [2.75, 3.05) is 0 Å². The zero-order valence-electron chi connectivity index (χ0n) is 39.4. The molecule has 8 heterocycles. The van der Waals surface area contributed by atoms with Crippen LogP contribution in [0.4, 0.5) is 26.3 Å². The number of hydrogen-bond acceptors (Lipinski definition) is 16. The van der Waals surface area contributed by atoms with Gasteiger partial charge in [-0.15, -0.1) is 0 Å². The number of benzene rings is 2. The number of alkyl halides is 6. The van der Waals surface area contributed by atoms with E-state index in [-0.39, 0.29) is 64.4 Å². The summed E-state index contributed by atoms with van der Waals surface area (Å²) in [6, 6.07) is 32.5. The quantitative estimate of drug-likeness (QED) is 0.178. The molecule has 0 aliphatic carbocycles. The summed E-state index contributed by atoms with van der Waals surface area (Å²) in [5.74, 6) is -4.96. The van der Waals surface area contributed by atoms with Crippen LogP contribution in [0.1, 0.15) is 53.1 Å². The van der Waals surface area contributed by atoms with Crippen molar-refractivity contribution in [1.29, 1.82) is 0 Å². The van der Waals surface area contributed by atoms with E-state index in [9.17, 15) is 75.5 Å². The minimum Gasteiger partial charge on any atom is -0.543 e. The first-order chi connectivity index (χ1) is 36.0. The number of carbonyl (C=O) groups excluding carboxylic acids is 4. The molecule has 10 aromatic rings. The molecule has 0 unspecified atom stereocenters. The standard InChI is InChI=1S/2C14H9F3N2O.4C6H5NO2.Ir/c2*1-19-10-6-3-7-18-12(10)8-4-2-5-9(14(15,16)17)11(8)13(19)20;4*8-6(9)5-3-1-2-4-7-5;/h2*2-7H,1H3;4*1-4H,(H,8,9);/p-4. The number of aromatic carboxylic acids is 4. The molecule has 10 rings (SSSR count). The number of hydrogen-bond donors (Lipinski definition) is 0. The second kappa shape index (κ2) is 27.1. The fraction of sp³-hybridized carbons (Fsp3) is 0.0769. The Labute approximate surface area is 442 Å². The van der Waals surface area contributed by atoms with Crippen LogP contribution in [0.3, 0.4) is 0 Å². The number of carbonyl (C=O) groups is 4. The van der Waals surface area contributed by atoms with E-state index in [0.29, 0.717) is 22.1 Å². The predicted octanol–water partition coefficient (Wildman–Crippen LogP) is 3.99. The largest absolute Gasteiger partial charge is 0.543 e. The van der Waals surface area contributed by atoms with Crippen molar-refractivity contribution in [2.24, 2.45) is 14.1 Å². The molecule has 25 heteroatoms. The van der Waals surface area contributed by atoms with Crippen molar-refractivity contribution >= 4 is 67.5 Å². The van der Waals surface area contributed by atoms with E-state index in [2.05, 4.69) is 29.9 Å². The maximum atomic E-state index is 13.1. The van der Waals surface area contributed by atoms with Crippen LogP contribution in [0.5, 0.6) is 0 Å². The van der Waals surface area contributed by atoms with E-state index in [0.717, 1.165) is 12.1 Å². The van der Waals surface area contributed by atoms with Crippen molar-refractivity contribution in [1.82, 2.24) is 39.0 Å². The summed E-state index contributed by atoms with van der Waals surface area (Å²) >= 11 is 0. The van der Waals surface area contributed by atoms with Crippen LogP contribution in [0.2, 0.25) is 0 Å². The molecule has 0 saturated carbocycles. The third kappa shape index (κ3) is 15.7. The number of halogens is 6. The fourth-order valence-electron chi connectivity index (χ4n) is 6.67. The van der Waals surface area contributed by atoms with Gasteiger partial charge in [-0.3, -0.25) is 39.5 Å². The van der Waals surface area contributed by atoms with Crippen LogP contribution in [-0.4, -0.2) is 62.9 Å². The Kier molecular flexibility index (Phi) is 21.1. The molecule has 0 atom stereocenters. The Morgan fingerprint density at radius 1 is 0.390 bits per heavy atom. The van der Waals surface area contributed by atoms with E-state index >= 15 is 0 Å². The Morgan fingerprint density at radius 2 is 0.662 bits per heavy atom. The third-order valence-electron chi connectivity index (χ3n) is 10.1. The van der Waals surface area contributed by atoms with E-state index in [1.165, 1.54) is 109 Å². The minimum absolute atomic E-state index is 0. The predicted molar refractivity (Wildman–Crippen MR) is 253 cm³/mol. The second-order valence-corrected chi connectivity index (χ2v) is 14.9. The summed E-state index contributed by atoms with van der Waals surface area (Å²) in [5.41, 5.74) is -1.54. The van der Waals surface area contributed by atoms with Crippen LogP contribution in [0, 0.1) is 0 Å². The molecule has 0 fully saturated rings. The Bertz CT molecular complexity index is 3440. The van der Waals surface area contributed by atoms with Gasteiger partial charge in [0.1, 0.15) is 0 Å². The van der Waals surface area contributed by atoms with Crippen LogP contribution < -0.4 is 31.5 Å². The van der Waals surface area contributed by atoms with Crippen molar-refractivity contribution in [3.8, 4) is 0 Å². The number of rotatable bonds is 4. The van der Waals surface area contributed by atoms with Gasteiger partial charge in [0.15, 0.2) is 0 Å². The normalized spacial score (nSPS) is 10.5. The van der Waals surface area contributed by atoms with Crippen molar-refractivity contribution in [2.45, 2.75) is 12.4 Å². The van der Waals surface area contributed by atoms with Gasteiger partial charge in [0.2, 0.25) is 0 Å². The molecule has 0 aliphatic heterocycles. The summed E-state index contributed by atoms with van der Waals surface area (Å²) in [5, 5.41) is 39.9. The molecule has 0 bridgehead atoms. The van der Waals surface area contributed by atoms with Crippen LogP contribution in [0.25, 0.3) is 43.6 Å². The van der Waals surface area contributed by atoms with Gasteiger partial charge in [-0.05, 0) is 84.9 Å². The summed E-state index contributed by atoms with van der Waals surface area (Å²) in [6.07, 6.45) is -0.534. The minimum atomic E-state index is -4.58. The Morgan fingerprint density at radius 3 is 0.883 bits per heavy atom. The molecular weight excluding hydrogens is 1200 g/mol. The molecular formula is C52H34F6IrN8O10-4. The molecule has 18 nitrogen and oxygen atoms in total. The van der Waals surface area contributed by atoms with Gasteiger partial charge in [-0.1, -0.05) is 48.5 Å². The van der Waals surface area contributed by atoms with Crippen LogP contribution >= 0.6 is 0 Å². The number of aryl methyl sites for hydroxylation is 2. The average molecular weight is 1240 g/mol. The van der Waals surface area contributed by atoms with E-state index < -0.39 is 58.5 Å². The van der Waals surface area contributed by atoms with Crippen molar-refractivity contribution in [3.05, 3.63) is 225 Å². The SMILES string of the molecule is Cn1c(=O)c2c(C(F)(F)F)cccc2c2ncccc21.Cn1c(=O)c2c(C(F)(F)F)cccc2c2ncccc21.O=C([O-])c1ccccn1.O=C([O-])c1ccccn1.O=C([O-])c1ccccn1.O=C([O-])c1ccccn1.[Ir].